The van der Waals surface area contributed by atoms with E-state index in [0.29, 0.717) is 6.54 Å². The van der Waals surface area contributed by atoms with Crippen LogP contribution in [0.4, 0.5) is 5.69 Å². The SMILES string of the molecule is O=C(CNc1ccccc1)N/N=C\c1cnn(Cc2ccccc2)c1. The van der Waals surface area contributed by atoms with Crippen LogP contribution in [0, 0.1) is 0 Å². The lowest BCUT2D eigenvalue weighted by molar-refractivity contribution is -0.119. The van der Waals surface area contributed by atoms with E-state index >= 15 is 0 Å². The molecule has 0 aliphatic carbocycles. The highest BCUT2D eigenvalue weighted by Crippen LogP contribution is 2.04. The number of hydrogen-bond acceptors (Lipinski definition) is 4. The van der Waals surface area contributed by atoms with Crippen LogP contribution in [-0.4, -0.2) is 28.4 Å². The maximum atomic E-state index is 11.7. The second-order valence-electron chi connectivity index (χ2n) is 5.47. The molecule has 0 fully saturated rings. The van der Waals surface area contributed by atoms with Crippen molar-refractivity contribution in [2.45, 2.75) is 6.54 Å². The molecule has 25 heavy (non-hydrogen) atoms. The van der Waals surface area contributed by atoms with Crippen LogP contribution in [0.3, 0.4) is 0 Å². The number of carbonyl (C=O) groups is 1. The lowest BCUT2D eigenvalue weighted by atomic mass is 10.2. The summed E-state index contributed by atoms with van der Waals surface area (Å²) < 4.78 is 1.83. The van der Waals surface area contributed by atoms with Crippen LogP contribution in [0.15, 0.2) is 78.2 Å². The summed E-state index contributed by atoms with van der Waals surface area (Å²) >= 11 is 0. The first kappa shape index (κ1) is 16.4. The number of hydrogen-bond donors (Lipinski definition) is 2. The number of aromatic nitrogens is 2. The van der Waals surface area contributed by atoms with E-state index in [1.807, 2.05) is 59.4 Å². The molecule has 0 saturated carbocycles. The molecular formula is C19H19N5O. The van der Waals surface area contributed by atoms with Gasteiger partial charge in [0.1, 0.15) is 0 Å². The summed E-state index contributed by atoms with van der Waals surface area (Å²) in [7, 11) is 0. The fourth-order valence-electron chi connectivity index (χ4n) is 2.26. The first-order valence-electron chi connectivity index (χ1n) is 7.97. The fourth-order valence-corrected chi connectivity index (χ4v) is 2.26. The summed E-state index contributed by atoms with van der Waals surface area (Å²) in [6.45, 7) is 0.858. The largest absolute Gasteiger partial charge is 0.376 e. The highest BCUT2D eigenvalue weighted by Gasteiger charge is 2.00. The van der Waals surface area contributed by atoms with E-state index in [9.17, 15) is 4.79 Å². The third-order valence-electron chi connectivity index (χ3n) is 3.47. The minimum absolute atomic E-state index is 0.161. The standard InChI is InChI=1S/C19H19N5O/c25-19(13-20-18-9-5-2-6-10-18)23-21-11-17-12-22-24(15-17)14-16-7-3-1-4-8-16/h1-12,15,20H,13-14H2,(H,23,25)/b21-11-. The Morgan fingerprint density at radius 1 is 1.08 bits per heavy atom. The van der Waals surface area contributed by atoms with Gasteiger partial charge in [0.15, 0.2) is 0 Å². The molecule has 0 spiro atoms. The first-order chi connectivity index (χ1) is 12.3. The second kappa shape index (κ2) is 8.44. The number of rotatable bonds is 7. The van der Waals surface area contributed by atoms with Crippen LogP contribution in [0.25, 0.3) is 0 Å². The molecule has 1 aromatic heterocycles. The predicted octanol–water partition coefficient (Wildman–Crippen LogP) is 2.49. The lowest BCUT2D eigenvalue weighted by Gasteiger charge is -2.04. The molecule has 0 atom stereocenters. The van der Waals surface area contributed by atoms with Gasteiger partial charge < -0.3 is 5.32 Å². The van der Waals surface area contributed by atoms with E-state index in [4.69, 9.17) is 0 Å². The normalized spacial score (nSPS) is 10.7. The van der Waals surface area contributed by atoms with E-state index in [1.165, 1.54) is 5.56 Å². The molecule has 3 aromatic rings. The van der Waals surface area contributed by atoms with Crippen LogP contribution in [0.1, 0.15) is 11.1 Å². The maximum absolute atomic E-state index is 11.7. The number of nitrogens with zero attached hydrogens (tertiary/aromatic N) is 3. The van der Waals surface area contributed by atoms with Crippen molar-refractivity contribution < 1.29 is 4.79 Å². The predicted molar refractivity (Wildman–Crippen MR) is 98.4 cm³/mol. The van der Waals surface area contributed by atoms with Gasteiger partial charge in [-0.05, 0) is 17.7 Å². The van der Waals surface area contributed by atoms with Gasteiger partial charge in [0.05, 0.1) is 25.5 Å². The Labute approximate surface area is 146 Å². The fraction of sp³-hybridized carbons (Fsp3) is 0.105. The molecule has 0 bridgehead atoms. The summed E-state index contributed by atoms with van der Waals surface area (Å²) in [5.74, 6) is -0.211. The van der Waals surface area contributed by atoms with Crippen LogP contribution >= 0.6 is 0 Å². The smallest absolute Gasteiger partial charge is 0.259 e. The number of hydrazone groups is 1. The van der Waals surface area contributed by atoms with Crippen LogP contribution in [0.5, 0.6) is 0 Å². The van der Waals surface area contributed by atoms with Crippen molar-refractivity contribution >= 4 is 17.8 Å². The number of anilines is 1. The first-order valence-corrected chi connectivity index (χ1v) is 7.97. The number of carbonyl (C=O) groups excluding carboxylic acids is 1. The zero-order chi connectivity index (χ0) is 17.3. The second-order valence-corrected chi connectivity index (χ2v) is 5.47. The molecule has 2 N–H and O–H groups in total. The van der Waals surface area contributed by atoms with Crippen molar-refractivity contribution in [1.82, 2.24) is 15.2 Å². The molecule has 1 heterocycles. The molecule has 6 nitrogen and oxygen atoms in total. The molecule has 0 radical (unpaired) electrons. The highest BCUT2D eigenvalue weighted by atomic mass is 16.2. The van der Waals surface area contributed by atoms with Crippen molar-refractivity contribution in [2.24, 2.45) is 5.10 Å². The number of nitrogens with one attached hydrogen (secondary N) is 2. The zero-order valence-electron chi connectivity index (χ0n) is 13.7. The monoisotopic (exact) mass is 333 g/mol. The number of amides is 1. The third-order valence-corrected chi connectivity index (χ3v) is 3.47. The summed E-state index contributed by atoms with van der Waals surface area (Å²) in [5, 5.41) is 11.3. The Kier molecular flexibility index (Phi) is 5.56. The highest BCUT2D eigenvalue weighted by molar-refractivity contribution is 5.83. The van der Waals surface area contributed by atoms with Crippen molar-refractivity contribution in [2.75, 3.05) is 11.9 Å². The average molecular weight is 333 g/mol. The molecule has 2 aromatic carbocycles. The van der Waals surface area contributed by atoms with E-state index in [-0.39, 0.29) is 12.5 Å². The molecule has 0 saturated heterocycles. The summed E-state index contributed by atoms with van der Waals surface area (Å²) in [6.07, 6.45) is 5.17. The van der Waals surface area contributed by atoms with Crippen LogP contribution in [-0.2, 0) is 11.3 Å². The van der Waals surface area contributed by atoms with Gasteiger partial charge in [0.25, 0.3) is 5.91 Å². The van der Waals surface area contributed by atoms with E-state index in [0.717, 1.165) is 11.3 Å². The molecule has 0 aliphatic heterocycles. The van der Waals surface area contributed by atoms with Gasteiger partial charge in [0, 0.05) is 17.4 Å². The zero-order valence-corrected chi connectivity index (χ0v) is 13.7. The molecular weight excluding hydrogens is 314 g/mol. The summed E-state index contributed by atoms with van der Waals surface area (Å²) in [4.78, 5) is 11.7. The lowest BCUT2D eigenvalue weighted by Crippen LogP contribution is -2.25. The Bertz CT molecular complexity index is 827. The van der Waals surface area contributed by atoms with E-state index in [2.05, 4.69) is 33.1 Å². The average Bonchev–Trinajstić information content (AvgIpc) is 3.09. The minimum Gasteiger partial charge on any atom is -0.376 e. The van der Waals surface area contributed by atoms with Crippen LogP contribution < -0.4 is 10.7 Å². The van der Waals surface area contributed by atoms with Gasteiger partial charge in [-0.25, -0.2) is 5.43 Å². The Balaban J connectivity index is 1.45. The Morgan fingerprint density at radius 3 is 2.56 bits per heavy atom. The van der Waals surface area contributed by atoms with Crippen LogP contribution in [0.2, 0.25) is 0 Å². The van der Waals surface area contributed by atoms with Crippen molar-refractivity contribution in [3.05, 3.63) is 84.2 Å². The number of benzene rings is 2. The van der Waals surface area contributed by atoms with Gasteiger partial charge >= 0.3 is 0 Å². The van der Waals surface area contributed by atoms with Crippen molar-refractivity contribution in [3.63, 3.8) is 0 Å². The van der Waals surface area contributed by atoms with Gasteiger partial charge in [0.2, 0.25) is 0 Å². The maximum Gasteiger partial charge on any atom is 0.259 e. The molecule has 126 valence electrons. The van der Waals surface area contributed by atoms with E-state index in [1.54, 1.807) is 12.4 Å². The van der Waals surface area contributed by atoms with Gasteiger partial charge in [-0.2, -0.15) is 10.2 Å². The molecule has 6 heteroatoms. The van der Waals surface area contributed by atoms with Gasteiger partial charge in [-0.1, -0.05) is 48.5 Å². The summed E-state index contributed by atoms with van der Waals surface area (Å²) in [5.41, 5.74) is 5.39. The van der Waals surface area contributed by atoms with Crippen molar-refractivity contribution in [1.29, 1.82) is 0 Å². The third kappa shape index (κ3) is 5.31. The quantitative estimate of drug-likeness (QED) is 0.515. The van der Waals surface area contributed by atoms with Gasteiger partial charge in [-0.15, -0.1) is 0 Å². The Hall–Kier alpha value is -3.41. The van der Waals surface area contributed by atoms with Gasteiger partial charge in [-0.3, -0.25) is 9.48 Å². The Morgan fingerprint density at radius 2 is 1.80 bits per heavy atom. The molecule has 0 unspecified atom stereocenters. The van der Waals surface area contributed by atoms with Crippen molar-refractivity contribution in [3.8, 4) is 0 Å². The van der Waals surface area contributed by atoms with E-state index < -0.39 is 0 Å². The molecule has 3 rings (SSSR count). The summed E-state index contributed by atoms with van der Waals surface area (Å²) in [6, 6.07) is 19.6. The topological polar surface area (TPSA) is 71.3 Å². The molecule has 0 aliphatic rings. The number of para-hydroxylation sites is 1. The molecule has 1 amide bonds. The minimum atomic E-state index is -0.211.